The average Bonchev–Trinajstić information content (AvgIpc) is 3.47. The van der Waals surface area contributed by atoms with E-state index in [0.717, 1.165) is 135 Å². The van der Waals surface area contributed by atoms with E-state index in [0.29, 0.717) is 19.3 Å². The minimum atomic E-state index is -0.792. The van der Waals surface area contributed by atoms with E-state index in [2.05, 4.69) is 142 Å². The molecule has 0 aliphatic rings. The highest BCUT2D eigenvalue weighted by Gasteiger charge is 2.19. The predicted molar refractivity (Wildman–Crippen MR) is 353 cm³/mol. The van der Waals surface area contributed by atoms with E-state index in [-0.39, 0.29) is 31.1 Å². The van der Waals surface area contributed by atoms with Gasteiger partial charge in [0.05, 0.1) is 0 Å². The standard InChI is InChI=1S/C75H126O6/c1-4-7-10-13-16-19-22-25-28-30-32-33-34-35-36-37-38-39-40-41-43-44-47-50-53-56-59-62-65-68-74(77)80-71-72(70-79-73(76)67-64-61-58-55-52-49-46-27-24-21-18-15-12-9-6-3)81-75(78)69-66-63-60-57-54-51-48-45-42-31-29-26-23-20-17-14-11-8-5-2/h7,9-10,12,16-21,25-29,32-33,35-36,46,72H,4-6,8,11,13-15,22-24,30-31,34,37-45,47-71H2,1-3H3/b10-7-,12-9-,19-16-,20-17-,21-18-,28-25-,29-26-,33-32-,36-35-,46-27-. The summed E-state index contributed by atoms with van der Waals surface area (Å²) in [6, 6.07) is 0. The van der Waals surface area contributed by atoms with Crippen molar-refractivity contribution in [3.63, 3.8) is 0 Å². The first kappa shape index (κ1) is 76.8. The molecule has 0 fully saturated rings. The molecular weight excluding hydrogens is 997 g/mol. The molecule has 6 nitrogen and oxygen atoms in total. The fourth-order valence-corrected chi connectivity index (χ4v) is 9.40. The second kappa shape index (κ2) is 68.3. The smallest absolute Gasteiger partial charge is 0.306 e. The van der Waals surface area contributed by atoms with Crippen LogP contribution in [0.4, 0.5) is 0 Å². The van der Waals surface area contributed by atoms with Gasteiger partial charge in [0.15, 0.2) is 6.10 Å². The van der Waals surface area contributed by atoms with Crippen molar-refractivity contribution in [2.45, 2.75) is 322 Å². The van der Waals surface area contributed by atoms with E-state index in [4.69, 9.17) is 14.2 Å². The Bertz CT molecular complexity index is 1670. The molecule has 462 valence electrons. The fourth-order valence-electron chi connectivity index (χ4n) is 9.40. The van der Waals surface area contributed by atoms with Crippen LogP contribution in [0.2, 0.25) is 0 Å². The molecule has 0 aliphatic carbocycles. The average molecular weight is 1120 g/mol. The maximum atomic E-state index is 12.9. The molecule has 81 heavy (non-hydrogen) atoms. The van der Waals surface area contributed by atoms with Gasteiger partial charge in [-0.2, -0.15) is 0 Å². The van der Waals surface area contributed by atoms with Crippen LogP contribution in [0.5, 0.6) is 0 Å². The van der Waals surface area contributed by atoms with Crippen LogP contribution in [0.15, 0.2) is 122 Å². The molecule has 0 amide bonds. The number of esters is 3. The van der Waals surface area contributed by atoms with E-state index >= 15 is 0 Å². The highest BCUT2D eigenvalue weighted by molar-refractivity contribution is 5.71. The second-order valence-corrected chi connectivity index (χ2v) is 22.3. The summed E-state index contributed by atoms with van der Waals surface area (Å²) in [6.07, 6.45) is 95.0. The number of carbonyl (C=O) groups excluding carboxylic acids is 3. The van der Waals surface area contributed by atoms with Gasteiger partial charge in [0.25, 0.3) is 0 Å². The number of allylic oxidation sites excluding steroid dienone is 20. The van der Waals surface area contributed by atoms with E-state index in [9.17, 15) is 14.4 Å². The Kier molecular flexibility index (Phi) is 64.8. The van der Waals surface area contributed by atoms with Crippen molar-refractivity contribution in [3.05, 3.63) is 122 Å². The lowest BCUT2D eigenvalue weighted by Crippen LogP contribution is -2.30. The van der Waals surface area contributed by atoms with Crippen LogP contribution in [-0.4, -0.2) is 37.2 Å². The van der Waals surface area contributed by atoms with E-state index in [1.807, 2.05) is 0 Å². The van der Waals surface area contributed by atoms with Crippen molar-refractivity contribution in [1.82, 2.24) is 0 Å². The maximum Gasteiger partial charge on any atom is 0.306 e. The summed E-state index contributed by atoms with van der Waals surface area (Å²) in [6.45, 7) is 6.40. The van der Waals surface area contributed by atoms with E-state index < -0.39 is 6.10 Å². The third kappa shape index (κ3) is 66.5. The first-order chi connectivity index (χ1) is 40.0. The number of ether oxygens (including phenoxy) is 3. The van der Waals surface area contributed by atoms with Crippen molar-refractivity contribution in [2.75, 3.05) is 13.2 Å². The van der Waals surface area contributed by atoms with Gasteiger partial charge in [-0.3, -0.25) is 14.4 Å². The monoisotopic (exact) mass is 1120 g/mol. The third-order valence-corrected chi connectivity index (χ3v) is 14.4. The summed E-state index contributed by atoms with van der Waals surface area (Å²) in [7, 11) is 0. The summed E-state index contributed by atoms with van der Waals surface area (Å²) in [5.74, 6) is -0.900. The molecule has 0 aromatic rings. The van der Waals surface area contributed by atoms with E-state index in [1.54, 1.807) is 0 Å². The van der Waals surface area contributed by atoms with Gasteiger partial charge in [-0.25, -0.2) is 0 Å². The third-order valence-electron chi connectivity index (χ3n) is 14.4. The molecule has 0 rings (SSSR count). The number of rotatable bonds is 61. The largest absolute Gasteiger partial charge is 0.462 e. The maximum absolute atomic E-state index is 12.9. The molecule has 1 unspecified atom stereocenters. The van der Waals surface area contributed by atoms with Gasteiger partial charge in [-0.15, -0.1) is 0 Å². The molecule has 0 radical (unpaired) electrons. The minimum Gasteiger partial charge on any atom is -0.462 e. The highest BCUT2D eigenvalue weighted by atomic mass is 16.6. The first-order valence-corrected chi connectivity index (χ1v) is 34.0. The molecule has 1 atom stereocenters. The van der Waals surface area contributed by atoms with Gasteiger partial charge in [-0.05, 0) is 128 Å². The lowest BCUT2D eigenvalue weighted by Gasteiger charge is -2.18. The summed E-state index contributed by atoms with van der Waals surface area (Å²) in [5, 5.41) is 0. The summed E-state index contributed by atoms with van der Waals surface area (Å²) < 4.78 is 17.0. The molecule has 0 bridgehead atoms. The highest BCUT2D eigenvalue weighted by Crippen LogP contribution is 2.16. The summed E-state index contributed by atoms with van der Waals surface area (Å²) in [4.78, 5) is 38.4. The zero-order chi connectivity index (χ0) is 58.5. The topological polar surface area (TPSA) is 78.9 Å². The van der Waals surface area contributed by atoms with Crippen molar-refractivity contribution in [1.29, 1.82) is 0 Å². The summed E-state index contributed by atoms with van der Waals surface area (Å²) >= 11 is 0. The second-order valence-electron chi connectivity index (χ2n) is 22.3. The van der Waals surface area contributed by atoms with Gasteiger partial charge in [0.2, 0.25) is 0 Å². The fraction of sp³-hybridized carbons (Fsp3) is 0.693. The molecular formula is C75H126O6. The van der Waals surface area contributed by atoms with Crippen molar-refractivity contribution >= 4 is 17.9 Å². The van der Waals surface area contributed by atoms with Crippen molar-refractivity contribution < 1.29 is 28.6 Å². The number of hydrogen-bond acceptors (Lipinski definition) is 6. The Morgan fingerprint density at radius 1 is 0.259 bits per heavy atom. The molecule has 0 saturated heterocycles. The lowest BCUT2D eigenvalue weighted by atomic mass is 10.0. The van der Waals surface area contributed by atoms with Crippen molar-refractivity contribution in [3.8, 4) is 0 Å². The Labute approximate surface area is 501 Å². The Hall–Kier alpha value is -4.19. The van der Waals surface area contributed by atoms with Gasteiger partial charge in [0, 0.05) is 19.3 Å². The summed E-state index contributed by atoms with van der Waals surface area (Å²) in [5.41, 5.74) is 0. The van der Waals surface area contributed by atoms with Gasteiger partial charge in [-0.1, -0.05) is 290 Å². The number of hydrogen-bond donors (Lipinski definition) is 0. The number of unbranched alkanes of at least 4 members (excludes halogenated alkanes) is 30. The van der Waals surface area contributed by atoms with E-state index in [1.165, 1.54) is 141 Å². The zero-order valence-corrected chi connectivity index (χ0v) is 53.0. The van der Waals surface area contributed by atoms with Crippen LogP contribution in [0.1, 0.15) is 316 Å². The Morgan fingerprint density at radius 3 is 0.753 bits per heavy atom. The Morgan fingerprint density at radius 2 is 0.481 bits per heavy atom. The molecule has 0 aromatic carbocycles. The molecule has 0 aliphatic heterocycles. The molecule has 0 spiro atoms. The zero-order valence-electron chi connectivity index (χ0n) is 53.0. The van der Waals surface area contributed by atoms with Gasteiger partial charge >= 0.3 is 17.9 Å². The van der Waals surface area contributed by atoms with Crippen LogP contribution in [0, 0.1) is 0 Å². The van der Waals surface area contributed by atoms with Gasteiger partial charge < -0.3 is 14.2 Å². The lowest BCUT2D eigenvalue weighted by molar-refractivity contribution is -0.167. The first-order valence-electron chi connectivity index (χ1n) is 34.0. The molecule has 0 saturated carbocycles. The molecule has 0 N–H and O–H groups in total. The van der Waals surface area contributed by atoms with Crippen molar-refractivity contribution in [2.24, 2.45) is 0 Å². The molecule has 0 heterocycles. The van der Waals surface area contributed by atoms with Crippen LogP contribution in [0.3, 0.4) is 0 Å². The predicted octanol–water partition coefficient (Wildman–Crippen LogP) is 23.6. The SMILES string of the molecule is CC/C=C\C/C=C\C/C=C\C/C=C\C/C=C\CCCCCCCCCCCCCCCC(=O)OCC(COC(=O)CCCCCCC/C=C\C/C=C\C/C=C\CC)OC(=O)CCCCCCCCCCC/C=C\C/C=C\CCCCC. The normalized spacial score (nSPS) is 12.9. The molecule has 0 aromatic heterocycles. The quantitative estimate of drug-likeness (QED) is 0.0261. The van der Waals surface area contributed by atoms with Gasteiger partial charge in [0.1, 0.15) is 13.2 Å². The van der Waals surface area contributed by atoms with Crippen LogP contribution < -0.4 is 0 Å². The van der Waals surface area contributed by atoms with Crippen LogP contribution in [-0.2, 0) is 28.6 Å². The number of carbonyl (C=O) groups is 3. The van der Waals surface area contributed by atoms with Crippen LogP contribution >= 0.6 is 0 Å². The Balaban J connectivity index is 4.31. The minimum absolute atomic E-state index is 0.0865. The molecule has 6 heteroatoms. The van der Waals surface area contributed by atoms with Crippen LogP contribution in [0.25, 0.3) is 0 Å².